The smallest absolute Gasteiger partial charge is 0.234 e. The third kappa shape index (κ3) is 18.4. The van der Waals surface area contributed by atoms with Gasteiger partial charge in [-0.2, -0.15) is 0 Å². The van der Waals surface area contributed by atoms with Gasteiger partial charge in [-0.25, -0.2) is 0 Å². The molecule has 5 aromatic rings. The fourth-order valence-corrected chi connectivity index (χ4v) is 7.64. The van der Waals surface area contributed by atoms with E-state index in [0.717, 1.165) is 32.5 Å². The van der Waals surface area contributed by atoms with E-state index in [1.54, 1.807) is 0 Å². The lowest BCUT2D eigenvalue weighted by molar-refractivity contribution is -0.895. The zero-order chi connectivity index (χ0) is 42.9. The van der Waals surface area contributed by atoms with Crippen molar-refractivity contribution in [3.63, 3.8) is 0 Å². The first-order valence-corrected chi connectivity index (χ1v) is 22.9. The summed E-state index contributed by atoms with van der Waals surface area (Å²) in [6.07, 6.45) is 23.7. The van der Waals surface area contributed by atoms with Crippen molar-refractivity contribution in [2.75, 3.05) is 19.8 Å². The maximum Gasteiger partial charge on any atom is 0.234 e. The van der Waals surface area contributed by atoms with Crippen LogP contribution in [0.5, 0.6) is 0 Å². The average Bonchev–Trinajstić information content (AvgIpc) is 3.29. The van der Waals surface area contributed by atoms with Gasteiger partial charge in [0.15, 0.2) is 13.2 Å². The summed E-state index contributed by atoms with van der Waals surface area (Å²) in [6.45, 7) is 10.2. The lowest BCUT2D eigenvalue weighted by atomic mass is 9.67. The lowest BCUT2D eigenvalue weighted by Crippen LogP contribution is -2.48. The van der Waals surface area contributed by atoms with Crippen LogP contribution in [0.25, 0.3) is 0 Å². The number of hydrogen-bond acceptors (Lipinski definition) is 5. The summed E-state index contributed by atoms with van der Waals surface area (Å²) in [5.74, 6) is 0. The largest absolute Gasteiger partial charge is 0.871 e. The molecule has 0 saturated carbocycles. The van der Waals surface area contributed by atoms with Gasteiger partial charge >= 0.3 is 0 Å². The first-order chi connectivity index (χ1) is 29.5. The molecule has 0 atom stereocenters. The number of hydrogen-bond donors (Lipinski definition) is 0. The minimum Gasteiger partial charge on any atom is -0.871 e. The minimum absolute atomic E-state index is 0.159. The summed E-state index contributed by atoms with van der Waals surface area (Å²) < 4.78 is 8.55. The van der Waals surface area contributed by atoms with Crippen LogP contribution in [0.1, 0.15) is 146 Å². The molecule has 0 unspecified atom stereocenters. The van der Waals surface area contributed by atoms with Crippen molar-refractivity contribution in [3.8, 4) is 0 Å². The lowest BCUT2D eigenvalue weighted by Gasteiger charge is -2.37. The van der Waals surface area contributed by atoms with Gasteiger partial charge in [0, 0.05) is 58.6 Å². The van der Waals surface area contributed by atoms with Crippen LogP contribution in [0.2, 0.25) is 0 Å². The van der Waals surface area contributed by atoms with E-state index < -0.39 is 7.32 Å². The molecule has 7 nitrogen and oxygen atoms in total. The number of aromatic nitrogens is 2. The predicted octanol–water partition coefficient (Wildman–Crippen LogP) is 9.17. The standard InChI is InChI=1S/C22H21BO3.2C15H26NO/c24-23(25)26-18-10-17-22(19-11-4-1-5-12-19,20-13-6-2-7-14-20)21-15-8-3-9-16-21;2*1-3-5-6-7-8-9-12-15-13-10-11-14-16(15)17-4-2/h1-9,11-16H,10,17-18H2;2*10-11,13-14H,3-9,12H2,1-2H3/q-2;2*+1. The van der Waals surface area contributed by atoms with E-state index in [2.05, 4.69) is 74.5 Å². The van der Waals surface area contributed by atoms with E-state index in [1.807, 2.05) is 102 Å². The number of pyridine rings is 2. The molecule has 0 saturated heterocycles. The third-order valence-corrected chi connectivity index (χ3v) is 10.7. The summed E-state index contributed by atoms with van der Waals surface area (Å²) in [5, 5.41) is 21.4. The van der Waals surface area contributed by atoms with E-state index in [4.69, 9.17) is 14.3 Å². The molecule has 0 aliphatic rings. The number of nitrogens with zero attached hydrogens (tertiary/aromatic N) is 2. The SMILES string of the molecule is CCCCCCCCc1cccc[n+]1OCC.CCCCCCCCc1cccc[n+]1OCC.[O-]B([O-])OCCCC(c1ccccc1)(c1ccccc1)c1ccccc1. The molecule has 0 bridgehead atoms. The van der Waals surface area contributed by atoms with E-state index in [9.17, 15) is 10.0 Å². The highest BCUT2D eigenvalue weighted by atomic mass is 16.7. The van der Waals surface area contributed by atoms with Crippen LogP contribution in [-0.2, 0) is 22.9 Å². The molecule has 324 valence electrons. The average molecular weight is 817 g/mol. The van der Waals surface area contributed by atoms with E-state index in [0.29, 0.717) is 6.42 Å². The first kappa shape index (κ1) is 49.9. The number of aryl methyl sites for hydroxylation is 2. The summed E-state index contributed by atoms with van der Waals surface area (Å²) in [4.78, 5) is 11.1. The second-order valence-corrected chi connectivity index (χ2v) is 15.2. The maximum atomic E-state index is 10.7. The third-order valence-electron chi connectivity index (χ3n) is 10.7. The van der Waals surface area contributed by atoms with E-state index >= 15 is 0 Å². The molecule has 0 fully saturated rings. The van der Waals surface area contributed by atoms with Crippen molar-refractivity contribution >= 4 is 7.32 Å². The first-order valence-electron chi connectivity index (χ1n) is 22.9. The van der Waals surface area contributed by atoms with Gasteiger partial charge < -0.3 is 14.7 Å². The summed E-state index contributed by atoms with van der Waals surface area (Å²) >= 11 is 0. The van der Waals surface area contributed by atoms with Gasteiger partial charge in [0.1, 0.15) is 0 Å². The fourth-order valence-electron chi connectivity index (χ4n) is 7.64. The van der Waals surface area contributed by atoms with Crippen molar-refractivity contribution < 1.29 is 33.8 Å². The Labute approximate surface area is 363 Å². The van der Waals surface area contributed by atoms with Gasteiger partial charge in [-0.1, -0.05) is 169 Å². The highest BCUT2D eigenvalue weighted by Gasteiger charge is 2.35. The molecule has 5 rings (SSSR count). The summed E-state index contributed by atoms with van der Waals surface area (Å²) in [6, 6.07) is 43.5. The molecule has 2 heterocycles. The van der Waals surface area contributed by atoms with Crippen molar-refractivity contribution in [3.05, 3.63) is 168 Å². The Hall–Kier alpha value is -4.50. The monoisotopic (exact) mass is 817 g/mol. The molecule has 0 aliphatic carbocycles. The summed E-state index contributed by atoms with van der Waals surface area (Å²) in [5.41, 5.74) is 5.73. The highest BCUT2D eigenvalue weighted by molar-refractivity contribution is 6.28. The zero-order valence-electron chi connectivity index (χ0n) is 37.2. The quantitative estimate of drug-likeness (QED) is 0.0241. The molecule has 0 spiro atoms. The zero-order valence-corrected chi connectivity index (χ0v) is 37.2. The topological polar surface area (TPSA) is 81.6 Å². The van der Waals surface area contributed by atoms with Gasteiger partial charge in [-0.05, 0) is 68.4 Å². The van der Waals surface area contributed by atoms with Crippen molar-refractivity contribution in [2.24, 2.45) is 0 Å². The summed E-state index contributed by atoms with van der Waals surface area (Å²) in [7, 11) is -2.23. The molecule has 2 aromatic heterocycles. The molecule has 3 aromatic carbocycles. The van der Waals surface area contributed by atoms with Crippen LogP contribution in [0, 0.1) is 0 Å². The van der Waals surface area contributed by atoms with Crippen molar-refractivity contribution in [1.29, 1.82) is 0 Å². The van der Waals surface area contributed by atoms with Gasteiger partial charge in [0.05, 0.1) is 7.32 Å². The van der Waals surface area contributed by atoms with E-state index in [1.165, 1.54) is 105 Å². The van der Waals surface area contributed by atoms with Crippen LogP contribution < -0.4 is 29.2 Å². The minimum atomic E-state index is -2.23. The Bertz CT molecular complexity index is 1600. The van der Waals surface area contributed by atoms with Gasteiger partial charge in [-0.15, -0.1) is 0 Å². The Kier molecular flexibility index (Phi) is 26.1. The van der Waals surface area contributed by atoms with Gasteiger partial charge in [0.25, 0.3) is 0 Å². The molecule has 8 heteroatoms. The number of benzene rings is 3. The Morgan fingerprint density at radius 3 is 1.18 bits per heavy atom. The molecule has 0 N–H and O–H groups in total. The van der Waals surface area contributed by atoms with Crippen molar-refractivity contribution in [1.82, 2.24) is 0 Å². The molecular formula is C52H73BN2O5. The van der Waals surface area contributed by atoms with Crippen LogP contribution in [0.4, 0.5) is 0 Å². The Morgan fingerprint density at radius 2 is 0.817 bits per heavy atom. The maximum absolute atomic E-state index is 10.7. The highest BCUT2D eigenvalue weighted by Crippen LogP contribution is 2.43. The number of unbranched alkanes of at least 4 members (excludes halogenated alkanes) is 10. The van der Waals surface area contributed by atoms with Gasteiger partial charge in [-0.3, -0.25) is 9.68 Å². The molecule has 0 amide bonds. The number of rotatable bonds is 26. The Balaban J connectivity index is 0.000000250. The molecule has 60 heavy (non-hydrogen) atoms. The second-order valence-electron chi connectivity index (χ2n) is 15.2. The van der Waals surface area contributed by atoms with Crippen LogP contribution in [-0.4, -0.2) is 27.1 Å². The van der Waals surface area contributed by atoms with E-state index in [-0.39, 0.29) is 12.0 Å². The fraction of sp³-hybridized carbons (Fsp3) is 0.462. The van der Waals surface area contributed by atoms with Gasteiger partial charge in [0.2, 0.25) is 23.8 Å². The van der Waals surface area contributed by atoms with Crippen LogP contribution >= 0.6 is 0 Å². The molecular weight excluding hydrogens is 743 g/mol. The van der Waals surface area contributed by atoms with Crippen LogP contribution in [0.15, 0.2) is 140 Å². The van der Waals surface area contributed by atoms with Crippen LogP contribution in [0.3, 0.4) is 0 Å². The normalized spacial score (nSPS) is 10.8. The molecule has 0 radical (unpaired) electrons. The van der Waals surface area contributed by atoms with Crippen molar-refractivity contribution in [2.45, 2.75) is 136 Å². The second kappa shape index (κ2) is 31.4. The molecule has 0 aliphatic heterocycles. The predicted molar refractivity (Wildman–Crippen MR) is 242 cm³/mol. The Morgan fingerprint density at radius 1 is 0.450 bits per heavy atom.